The summed E-state index contributed by atoms with van der Waals surface area (Å²) in [5.41, 5.74) is 2.08. The van der Waals surface area contributed by atoms with Crippen LogP contribution < -0.4 is 0 Å². The Hall–Kier alpha value is -0.200. The van der Waals surface area contributed by atoms with Crippen LogP contribution in [0.2, 0.25) is 0 Å². The summed E-state index contributed by atoms with van der Waals surface area (Å²) in [7, 11) is -7.18. The van der Waals surface area contributed by atoms with E-state index in [4.69, 9.17) is 0 Å². The second-order valence-corrected chi connectivity index (χ2v) is 18.4. The normalized spacial score (nSPS) is 13.6. The summed E-state index contributed by atoms with van der Waals surface area (Å²) in [4.78, 5) is 0.260. The maximum atomic E-state index is 12.5. The van der Waals surface area contributed by atoms with Crippen LogP contribution >= 0.6 is 42.4 Å². The molecule has 0 aliphatic carbocycles. The van der Waals surface area contributed by atoms with Crippen molar-refractivity contribution >= 4 is 56.4 Å². The third kappa shape index (κ3) is 5.48. The van der Waals surface area contributed by atoms with Crippen LogP contribution in [0.25, 0.3) is 11.1 Å². The lowest BCUT2D eigenvalue weighted by Crippen LogP contribution is -2.13. The van der Waals surface area contributed by atoms with E-state index in [9.17, 15) is 16.8 Å². The van der Waals surface area contributed by atoms with E-state index in [0.29, 0.717) is 11.1 Å². The molecule has 0 N–H and O–H groups in total. The molecule has 154 valence electrons. The lowest BCUT2D eigenvalue weighted by molar-refractivity contribution is 0.585. The first-order valence-electron chi connectivity index (χ1n) is 8.61. The fourth-order valence-corrected chi connectivity index (χ4v) is 6.43. The predicted octanol–water partition coefficient (Wildman–Crippen LogP) is 6.20. The highest BCUT2D eigenvalue weighted by Gasteiger charge is 2.26. The Labute approximate surface area is 192 Å². The Bertz CT molecular complexity index is 1030. The summed E-state index contributed by atoms with van der Waals surface area (Å²) in [6, 6.07) is 10.5. The lowest BCUT2D eigenvalue weighted by atomic mass is 9.85. The Morgan fingerprint density at radius 3 is 1.11 bits per heavy atom. The molecule has 8 heteroatoms. The molecule has 2 rings (SSSR count). The monoisotopic (exact) mass is 646 g/mol. The third-order valence-corrected chi connectivity index (χ3v) is 9.08. The van der Waals surface area contributed by atoms with Crippen molar-refractivity contribution in [3.05, 3.63) is 47.5 Å². The van der Waals surface area contributed by atoms with Gasteiger partial charge < -0.3 is 0 Å². The maximum Gasteiger partial charge on any atom is 0.231 e. The molecule has 0 amide bonds. The molecule has 0 saturated heterocycles. The molecule has 0 radical (unpaired) electrons. The van der Waals surface area contributed by atoms with E-state index >= 15 is 0 Å². The van der Waals surface area contributed by atoms with E-state index in [1.165, 1.54) is 42.4 Å². The molecule has 2 aromatic rings. The van der Waals surface area contributed by atoms with Gasteiger partial charge in [-0.1, -0.05) is 65.8 Å². The minimum absolute atomic E-state index is 0.130. The van der Waals surface area contributed by atoms with Gasteiger partial charge in [0.15, 0.2) is 0 Å². The molecule has 0 aliphatic heterocycles. The van der Waals surface area contributed by atoms with Gasteiger partial charge in [-0.2, -0.15) is 0 Å². The average Bonchev–Trinajstić information content (AvgIpc) is 2.50. The number of halogens is 2. The highest BCUT2D eigenvalue weighted by Crippen LogP contribution is 2.40. The van der Waals surface area contributed by atoms with Gasteiger partial charge in [0, 0.05) is 11.1 Å². The molecule has 0 spiro atoms. The van der Waals surface area contributed by atoms with Crippen LogP contribution in [0.5, 0.6) is 0 Å². The van der Waals surface area contributed by atoms with Gasteiger partial charge >= 0.3 is 0 Å². The van der Waals surface area contributed by atoms with Gasteiger partial charge in [-0.05, 0) is 34.1 Å². The van der Waals surface area contributed by atoms with E-state index in [0.717, 1.165) is 11.1 Å². The third-order valence-electron chi connectivity index (χ3n) is 4.51. The Morgan fingerprint density at radius 2 is 0.893 bits per heavy atom. The minimum atomic E-state index is -3.59. The summed E-state index contributed by atoms with van der Waals surface area (Å²) in [6.07, 6.45) is 0. The fraction of sp³-hybridized carbons (Fsp3) is 0.400. The summed E-state index contributed by atoms with van der Waals surface area (Å²) >= 11 is 2.83. The van der Waals surface area contributed by atoms with Crippen LogP contribution in [0.15, 0.2) is 46.2 Å². The second kappa shape index (κ2) is 7.81. The van der Waals surface area contributed by atoms with Gasteiger partial charge in [0.05, 0.1) is 52.2 Å². The molecule has 0 saturated carbocycles. The summed E-state index contributed by atoms with van der Waals surface area (Å²) in [5, 5.41) is 0. The Kier molecular flexibility index (Phi) is 6.71. The van der Waals surface area contributed by atoms with Crippen molar-refractivity contribution in [2.45, 2.75) is 62.2 Å². The summed E-state index contributed by atoms with van der Waals surface area (Å²) in [5.74, 6) is 0. The number of hydrogen-bond donors (Lipinski definition) is 0. The van der Waals surface area contributed by atoms with Crippen LogP contribution in [0.1, 0.15) is 52.7 Å². The zero-order chi connectivity index (χ0) is 21.7. The van der Waals surface area contributed by atoms with Crippen molar-refractivity contribution in [2.75, 3.05) is 0 Å². The van der Waals surface area contributed by atoms with Gasteiger partial charge in [0.25, 0.3) is 0 Å². The van der Waals surface area contributed by atoms with E-state index in [1.807, 2.05) is 53.7 Å². The number of hydrogen-bond acceptors (Lipinski definition) is 4. The van der Waals surface area contributed by atoms with E-state index in [2.05, 4.69) is 0 Å². The first-order valence-corrected chi connectivity index (χ1v) is 16.7. The van der Waals surface area contributed by atoms with Crippen LogP contribution in [0, 0.1) is 0 Å². The van der Waals surface area contributed by atoms with Crippen molar-refractivity contribution in [1.82, 2.24) is 0 Å². The largest absolute Gasteiger partial charge is 0.231 e. The summed E-state index contributed by atoms with van der Waals surface area (Å²) < 4.78 is 50.1. The predicted molar refractivity (Wildman–Crippen MR) is 132 cm³/mol. The molecule has 4 nitrogen and oxygen atoms in total. The molecule has 0 heterocycles. The van der Waals surface area contributed by atoms with Crippen LogP contribution in [-0.2, 0) is 24.8 Å². The molecule has 28 heavy (non-hydrogen) atoms. The quantitative estimate of drug-likeness (QED) is 0.295. The van der Waals surface area contributed by atoms with Crippen LogP contribution in [-0.4, -0.2) is 16.8 Å². The van der Waals surface area contributed by atoms with Crippen molar-refractivity contribution in [2.24, 2.45) is 0 Å². The highest BCUT2D eigenvalue weighted by molar-refractivity contribution is 14.2. The number of benzene rings is 2. The molecule has 0 bridgehead atoms. The minimum Gasteiger partial charge on any atom is -0.213 e. The van der Waals surface area contributed by atoms with Gasteiger partial charge in [0.1, 0.15) is 0 Å². The number of rotatable bonds is 3. The SMILES string of the molecule is CC(C)(C)c1ccc(-c2ccc(C(C)(C)C)cc2S(=O)(=O)I)c(S(=O)(=O)I)c1. The molecule has 2 aromatic carbocycles. The zero-order valence-electron chi connectivity index (χ0n) is 16.7. The molecule has 0 fully saturated rings. The lowest BCUT2D eigenvalue weighted by Gasteiger charge is -2.23. The van der Waals surface area contributed by atoms with E-state index < -0.39 is 14.0 Å². The van der Waals surface area contributed by atoms with E-state index in [1.54, 1.807) is 24.3 Å². The van der Waals surface area contributed by atoms with Gasteiger partial charge in [-0.3, -0.25) is 0 Å². The highest BCUT2D eigenvalue weighted by atomic mass is 127. The standard InChI is InChI=1S/C20H24I2O4S2/c1-19(2,3)13-7-9-15(17(11-13)27(21,23)24)16-10-8-14(20(4,5)6)12-18(16)28(22,25)26/h7-12H,1-6H3. The van der Waals surface area contributed by atoms with Gasteiger partial charge in [-0.15, -0.1) is 0 Å². The average molecular weight is 646 g/mol. The fourth-order valence-electron chi connectivity index (χ4n) is 2.83. The first-order chi connectivity index (χ1) is 12.4. The molecular weight excluding hydrogens is 622 g/mol. The van der Waals surface area contributed by atoms with Crippen molar-refractivity contribution in [3.8, 4) is 11.1 Å². The van der Waals surface area contributed by atoms with E-state index in [-0.39, 0.29) is 20.6 Å². The van der Waals surface area contributed by atoms with Gasteiger partial charge in [0.2, 0.25) is 14.0 Å². The van der Waals surface area contributed by atoms with Crippen molar-refractivity contribution < 1.29 is 16.8 Å². The molecule has 0 aromatic heterocycles. The van der Waals surface area contributed by atoms with Gasteiger partial charge in [-0.25, -0.2) is 16.8 Å². The molecule has 0 aliphatic rings. The molecular formula is C20H24I2O4S2. The molecule has 0 atom stereocenters. The topological polar surface area (TPSA) is 68.3 Å². The first kappa shape index (κ1) is 24.1. The molecule has 0 unspecified atom stereocenters. The maximum absolute atomic E-state index is 12.5. The Morgan fingerprint density at radius 1 is 0.607 bits per heavy atom. The smallest absolute Gasteiger partial charge is 0.213 e. The zero-order valence-corrected chi connectivity index (χ0v) is 22.6. The van der Waals surface area contributed by atoms with Crippen LogP contribution in [0.3, 0.4) is 0 Å². The van der Waals surface area contributed by atoms with Crippen molar-refractivity contribution in [1.29, 1.82) is 0 Å². The summed E-state index contributed by atoms with van der Waals surface area (Å²) in [6.45, 7) is 12.0. The van der Waals surface area contributed by atoms with Crippen molar-refractivity contribution in [3.63, 3.8) is 0 Å². The van der Waals surface area contributed by atoms with Crippen LogP contribution in [0.4, 0.5) is 0 Å². The Balaban J connectivity index is 2.92. The second-order valence-electron chi connectivity index (χ2n) is 8.80.